The van der Waals surface area contributed by atoms with Crippen LogP contribution in [-0.2, 0) is 4.79 Å². The van der Waals surface area contributed by atoms with Crippen LogP contribution in [0.15, 0.2) is 12.1 Å². The smallest absolute Gasteiger partial charge is 0.308 e. The second-order valence-electron chi connectivity index (χ2n) is 3.47. The largest absolute Gasteiger partial charge is 0.493 e. The van der Waals surface area contributed by atoms with Gasteiger partial charge in [0, 0.05) is 12.5 Å². The quantitative estimate of drug-likeness (QED) is 0.446. The molecule has 0 fully saturated rings. The van der Waals surface area contributed by atoms with Crippen LogP contribution in [0, 0.1) is 6.92 Å². The van der Waals surface area contributed by atoms with E-state index in [1.807, 2.05) is 0 Å². The summed E-state index contributed by atoms with van der Waals surface area (Å²) in [6.45, 7) is 4.57. The van der Waals surface area contributed by atoms with Gasteiger partial charge in [0.2, 0.25) is 0 Å². The lowest BCUT2D eigenvalue weighted by molar-refractivity contribution is -0.132. The van der Waals surface area contributed by atoms with Crippen LogP contribution in [0.3, 0.4) is 0 Å². The van der Waals surface area contributed by atoms with E-state index in [0.29, 0.717) is 11.3 Å². The highest BCUT2D eigenvalue weighted by Crippen LogP contribution is 2.30. The monoisotopic (exact) mass is 222 g/mol. The van der Waals surface area contributed by atoms with Crippen LogP contribution < -0.4 is 9.47 Å². The number of benzene rings is 1. The van der Waals surface area contributed by atoms with Gasteiger partial charge in [-0.25, -0.2) is 0 Å². The van der Waals surface area contributed by atoms with Gasteiger partial charge in [0.25, 0.3) is 0 Å². The zero-order chi connectivity index (χ0) is 12.3. The van der Waals surface area contributed by atoms with Gasteiger partial charge < -0.3 is 9.47 Å². The highest BCUT2D eigenvalue weighted by atomic mass is 16.6. The fourth-order valence-electron chi connectivity index (χ4n) is 1.43. The minimum Gasteiger partial charge on any atom is -0.493 e. The molecular formula is C12H14O4. The Morgan fingerprint density at radius 3 is 2.19 bits per heavy atom. The van der Waals surface area contributed by atoms with E-state index in [2.05, 4.69) is 0 Å². The van der Waals surface area contributed by atoms with Gasteiger partial charge in [-0.15, -0.1) is 0 Å². The molecule has 1 aromatic carbocycles. The molecule has 4 nitrogen and oxygen atoms in total. The minimum atomic E-state index is -0.448. The zero-order valence-electron chi connectivity index (χ0n) is 9.79. The average molecular weight is 222 g/mol. The zero-order valence-corrected chi connectivity index (χ0v) is 9.79. The third-order valence-corrected chi connectivity index (χ3v) is 2.14. The summed E-state index contributed by atoms with van der Waals surface area (Å²) in [5, 5.41) is 0. The lowest BCUT2D eigenvalue weighted by atomic mass is 10.0. The summed E-state index contributed by atoms with van der Waals surface area (Å²) in [7, 11) is 1.48. The number of rotatable bonds is 3. The van der Waals surface area contributed by atoms with E-state index in [4.69, 9.17) is 9.47 Å². The molecule has 0 unspecified atom stereocenters. The first-order chi connectivity index (χ1) is 7.45. The normalized spacial score (nSPS) is 9.75. The molecule has 4 heteroatoms. The van der Waals surface area contributed by atoms with Gasteiger partial charge in [-0.1, -0.05) is 0 Å². The Morgan fingerprint density at radius 2 is 1.75 bits per heavy atom. The molecule has 0 bridgehead atoms. The molecule has 0 aliphatic heterocycles. The molecule has 1 aromatic rings. The number of methoxy groups -OCH3 is 1. The summed E-state index contributed by atoms with van der Waals surface area (Å²) in [6, 6.07) is 3.20. The number of ketones is 1. The van der Waals surface area contributed by atoms with Crippen molar-refractivity contribution in [2.45, 2.75) is 20.8 Å². The van der Waals surface area contributed by atoms with Crippen molar-refractivity contribution in [2.75, 3.05) is 7.11 Å². The number of Topliss-reactive ketones (excluding diaryl/α,β-unsaturated/α-hetero) is 1. The van der Waals surface area contributed by atoms with Crippen molar-refractivity contribution in [1.29, 1.82) is 0 Å². The maximum Gasteiger partial charge on any atom is 0.308 e. The summed E-state index contributed by atoms with van der Waals surface area (Å²) >= 11 is 0. The van der Waals surface area contributed by atoms with Crippen molar-refractivity contribution < 1.29 is 19.1 Å². The van der Waals surface area contributed by atoms with Crippen molar-refractivity contribution in [1.82, 2.24) is 0 Å². The number of carbonyl (C=O) groups excluding carboxylic acids is 2. The van der Waals surface area contributed by atoms with Crippen LogP contribution >= 0.6 is 0 Å². The number of carbonyl (C=O) groups is 2. The second kappa shape index (κ2) is 4.79. The van der Waals surface area contributed by atoms with Gasteiger partial charge in [-0.2, -0.15) is 0 Å². The third kappa shape index (κ3) is 2.59. The van der Waals surface area contributed by atoms with Crippen molar-refractivity contribution in [3.63, 3.8) is 0 Å². The van der Waals surface area contributed by atoms with Crippen LogP contribution in [0.4, 0.5) is 0 Å². The maximum absolute atomic E-state index is 11.3. The number of esters is 1. The topological polar surface area (TPSA) is 52.6 Å². The Balaban J connectivity index is 3.28. The summed E-state index contributed by atoms with van der Waals surface area (Å²) in [4.78, 5) is 22.2. The molecule has 16 heavy (non-hydrogen) atoms. The third-order valence-electron chi connectivity index (χ3n) is 2.14. The van der Waals surface area contributed by atoms with Crippen LogP contribution in [-0.4, -0.2) is 18.9 Å². The van der Waals surface area contributed by atoms with Crippen LogP contribution in [0.1, 0.15) is 29.8 Å². The fraction of sp³-hybridized carbons (Fsp3) is 0.333. The van der Waals surface area contributed by atoms with Crippen LogP contribution in [0.25, 0.3) is 0 Å². The highest BCUT2D eigenvalue weighted by Gasteiger charge is 2.13. The summed E-state index contributed by atoms with van der Waals surface area (Å²) in [5.41, 5.74) is 1.32. The lowest BCUT2D eigenvalue weighted by Crippen LogP contribution is -2.05. The number of hydrogen-bond acceptors (Lipinski definition) is 4. The predicted molar refractivity (Wildman–Crippen MR) is 59.0 cm³/mol. The molecule has 0 aliphatic rings. The van der Waals surface area contributed by atoms with Gasteiger partial charge in [-0.05, 0) is 31.5 Å². The number of hydrogen-bond donors (Lipinski definition) is 0. The summed E-state index contributed by atoms with van der Waals surface area (Å²) in [6.07, 6.45) is 0. The Hall–Kier alpha value is -1.84. The van der Waals surface area contributed by atoms with Gasteiger partial charge in [0.1, 0.15) is 0 Å². The van der Waals surface area contributed by atoms with Gasteiger partial charge in [0.05, 0.1) is 7.11 Å². The summed E-state index contributed by atoms with van der Waals surface area (Å²) < 4.78 is 10.0. The molecule has 1 rings (SSSR count). The van der Waals surface area contributed by atoms with Gasteiger partial charge in [0.15, 0.2) is 17.3 Å². The molecule has 0 saturated carbocycles. The molecule has 0 aliphatic carbocycles. The van der Waals surface area contributed by atoms with E-state index in [1.165, 1.54) is 27.0 Å². The Kier molecular flexibility index (Phi) is 3.66. The van der Waals surface area contributed by atoms with Crippen LogP contribution in [0.5, 0.6) is 11.5 Å². The molecule has 0 atom stereocenters. The van der Waals surface area contributed by atoms with Gasteiger partial charge >= 0.3 is 5.97 Å². The molecular weight excluding hydrogens is 208 g/mol. The standard InChI is InChI=1S/C12H14O4/c1-7-5-11(15-4)12(16-9(3)14)6-10(7)8(2)13/h5-6H,1-4H3. The molecule has 0 N–H and O–H groups in total. The first-order valence-corrected chi connectivity index (χ1v) is 4.83. The average Bonchev–Trinajstić information content (AvgIpc) is 2.18. The SMILES string of the molecule is COc1cc(C)c(C(C)=O)cc1OC(C)=O. The van der Waals surface area contributed by atoms with Crippen molar-refractivity contribution in [3.05, 3.63) is 23.3 Å². The van der Waals surface area contributed by atoms with E-state index in [-0.39, 0.29) is 11.5 Å². The van der Waals surface area contributed by atoms with E-state index in [9.17, 15) is 9.59 Å². The molecule has 0 radical (unpaired) electrons. The maximum atomic E-state index is 11.3. The minimum absolute atomic E-state index is 0.0754. The van der Waals surface area contributed by atoms with E-state index in [1.54, 1.807) is 13.0 Å². The lowest BCUT2D eigenvalue weighted by Gasteiger charge is -2.11. The summed E-state index contributed by atoms with van der Waals surface area (Å²) in [5.74, 6) is 0.189. The molecule has 0 aromatic heterocycles. The van der Waals surface area contributed by atoms with Gasteiger partial charge in [-0.3, -0.25) is 9.59 Å². The molecule has 0 amide bonds. The molecule has 86 valence electrons. The molecule has 0 saturated heterocycles. The Morgan fingerprint density at radius 1 is 1.12 bits per heavy atom. The number of aryl methyl sites for hydroxylation is 1. The first-order valence-electron chi connectivity index (χ1n) is 4.83. The van der Waals surface area contributed by atoms with E-state index in [0.717, 1.165) is 5.56 Å². The second-order valence-corrected chi connectivity index (χ2v) is 3.47. The number of ether oxygens (including phenoxy) is 2. The van der Waals surface area contributed by atoms with E-state index >= 15 is 0 Å². The van der Waals surface area contributed by atoms with Crippen molar-refractivity contribution >= 4 is 11.8 Å². The van der Waals surface area contributed by atoms with Crippen LogP contribution in [0.2, 0.25) is 0 Å². The molecule has 0 spiro atoms. The Labute approximate surface area is 94.2 Å². The van der Waals surface area contributed by atoms with Crippen molar-refractivity contribution in [2.24, 2.45) is 0 Å². The highest BCUT2D eigenvalue weighted by molar-refractivity contribution is 5.96. The molecule has 0 heterocycles. The van der Waals surface area contributed by atoms with Crippen molar-refractivity contribution in [3.8, 4) is 11.5 Å². The fourth-order valence-corrected chi connectivity index (χ4v) is 1.43. The Bertz CT molecular complexity index is 435. The first kappa shape index (κ1) is 12.2. The predicted octanol–water partition coefficient (Wildman–Crippen LogP) is 2.13. The van der Waals surface area contributed by atoms with E-state index < -0.39 is 5.97 Å².